The van der Waals surface area contributed by atoms with Crippen molar-refractivity contribution in [3.8, 4) is 0 Å². The van der Waals surface area contributed by atoms with E-state index in [0.717, 1.165) is 32.1 Å². The zero-order valence-electron chi connectivity index (χ0n) is 11.0. The standard InChI is InChI=1S/C13H22ClNO3/c1-17-13(3-2-4-13)9-11(16)15-12(10-14)5-7-18-8-6-12/h2-10H2,1H3,(H,15,16). The lowest BCUT2D eigenvalue weighted by molar-refractivity contribution is -0.136. The Bertz CT molecular complexity index is 293. The minimum atomic E-state index is -0.282. The van der Waals surface area contributed by atoms with Crippen LogP contribution in [0, 0.1) is 0 Å². The normalized spacial score (nSPS) is 25.2. The summed E-state index contributed by atoms with van der Waals surface area (Å²) < 4.78 is 10.8. The zero-order chi connectivity index (χ0) is 13.1. The molecule has 2 fully saturated rings. The van der Waals surface area contributed by atoms with Gasteiger partial charge in [-0.25, -0.2) is 0 Å². The average Bonchev–Trinajstić information content (AvgIpc) is 2.35. The molecule has 4 nitrogen and oxygen atoms in total. The van der Waals surface area contributed by atoms with Gasteiger partial charge in [-0.3, -0.25) is 4.79 Å². The zero-order valence-corrected chi connectivity index (χ0v) is 11.7. The summed E-state index contributed by atoms with van der Waals surface area (Å²) in [6.45, 7) is 1.34. The van der Waals surface area contributed by atoms with E-state index in [1.54, 1.807) is 7.11 Å². The predicted octanol–water partition coefficient (Wildman–Crippen LogP) is 1.85. The van der Waals surface area contributed by atoms with Crippen LogP contribution in [0.25, 0.3) is 0 Å². The third-order valence-corrected chi connectivity index (χ3v) is 4.80. The van der Waals surface area contributed by atoms with Crippen LogP contribution in [-0.4, -0.2) is 43.3 Å². The molecule has 0 unspecified atom stereocenters. The van der Waals surface area contributed by atoms with Crippen molar-refractivity contribution in [3.05, 3.63) is 0 Å². The van der Waals surface area contributed by atoms with Crippen LogP contribution >= 0.6 is 11.6 Å². The molecule has 1 heterocycles. The van der Waals surface area contributed by atoms with Gasteiger partial charge in [0.2, 0.25) is 5.91 Å². The summed E-state index contributed by atoms with van der Waals surface area (Å²) in [6, 6.07) is 0. The first-order valence-corrected chi connectivity index (χ1v) is 7.17. The Labute approximate surface area is 113 Å². The average molecular weight is 276 g/mol. The van der Waals surface area contributed by atoms with E-state index in [4.69, 9.17) is 21.1 Å². The molecule has 0 bridgehead atoms. The second-order valence-corrected chi connectivity index (χ2v) is 5.76. The quantitative estimate of drug-likeness (QED) is 0.779. The van der Waals surface area contributed by atoms with Crippen LogP contribution in [0.2, 0.25) is 0 Å². The number of amides is 1. The summed E-state index contributed by atoms with van der Waals surface area (Å²) in [6.07, 6.45) is 5.14. The number of methoxy groups -OCH3 is 1. The molecular weight excluding hydrogens is 254 g/mol. The van der Waals surface area contributed by atoms with Gasteiger partial charge in [-0.15, -0.1) is 11.6 Å². The summed E-state index contributed by atoms with van der Waals surface area (Å²) >= 11 is 6.03. The van der Waals surface area contributed by atoms with Gasteiger partial charge in [0.05, 0.1) is 17.6 Å². The molecular formula is C13H22ClNO3. The third kappa shape index (κ3) is 2.98. The van der Waals surface area contributed by atoms with E-state index in [-0.39, 0.29) is 17.0 Å². The molecule has 1 amide bonds. The van der Waals surface area contributed by atoms with Crippen LogP contribution in [0.1, 0.15) is 38.5 Å². The van der Waals surface area contributed by atoms with Crippen LogP contribution in [0.15, 0.2) is 0 Å². The van der Waals surface area contributed by atoms with Crippen LogP contribution < -0.4 is 5.32 Å². The lowest BCUT2D eigenvalue weighted by atomic mass is 9.77. The fourth-order valence-corrected chi connectivity index (χ4v) is 3.04. The third-order valence-electron chi connectivity index (χ3n) is 4.29. The molecule has 104 valence electrons. The van der Waals surface area contributed by atoms with E-state index in [9.17, 15) is 4.79 Å². The maximum atomic E-state index is 12.2. The first kappa shape index (κ1) is 14.1. The SMILES string of the molecule is COC1(CC(=O)NC2(CCl)CCOCC2)CCC1. The van der Waals surface area contributed by atoms with Gasteiger partial charge in [0.15, 0.2) is 0 Å². The van der Waals surface area contributed by atoms with Crippen molar-refractivity contribution in [1.82, 2.24) is 5.32 Å². The second kappa shape index (κ2) is 5.76. The Hall–Kier alpha value is -0.320. The largest absolute Gasteiger partial charge is 0.381 e. The predicted molar refractivity (Wildman–Crippen MR) is 69.9 cm³/mol. The summed E-state index contributed by atoms with van der Waals surface area (Å²) in [5, 5.41) is 3.11. The van der Waals surface area contributed by atoms with Crippen molar-refractivity contribution in [2.24, 2.45) is 0 Å². The van der Waals surface area contributed by atoms with Gasteiger partial charge in [-0.1, -0.05) is 0 Å². The molecule has 18 heavy (non-hydrogen) atoms. The number of hydrogen-bond donors (Lipinski definition) is 1. The van der Waals surface area contributed by atoms with Crippen LogP contribution in [0.4, 0.5) is 0 Å². The Kier molecular flexibility index (Phi) is 4.51. The molecule has 1 aliphatic carbocycles. The molecule has 2 aliphatic rings. The number of ether oxygens (including phenoxy) is 2. The molecule has 1 saturated carbocycles. The lowest BCUT2D eigenvalue weighted by Gasteiger charge is -2.42. The van der Waals surface area contributed by atoms with E-state index in [0.29, 0.717) is 25.5 Å². The molecule has 2 rings (SSSR count). The van der Waals surface area contributed by atoms with E-state index in [1.807, 2.05) is 0 Å². The van der Waals surface area contributed by atoms with E-state index < -0.39 is 0 Å². The van der Waals surface area contributed by atoms with Gasteiger partial charge in [0, 0.05) is 26.2 Å². The molecule has 0 aromatic carbocycles. The summed E-state index contributed by atoms with van der Waals surface area (Å²) in [5.74, 6) is 0.501. The Morgan fingerprint density at radius 3 is 2.44 bits per heavy atom. The number of alkyl halides is 1. The van der Waals surface area contributed by atoms with Crippen molar-refractivity contribution >= 4 is 17.5 Å². The first-order valence-electron chi connectivity index (χ1n) is 6.64. The maximum absolute atomic E-state index is 12.2. The fourth-order valence-electron chi connectivity index (χ4n) is 2.71. The van der Waals surface area contributed by atoms with Crippen LogP contribution in [-0.2, 0) is 14.3 Å². The highest BCUT2D eigenvalue weighted by Gasteiger charge is 2.41. The second-order valence-electron chi connectivity index (χ2n) is 5.49. The first-order chi connectivity index (χ1) is 8.64. The van der Waals surface area contributed by atoms with E-state index in [2.05, 4.69) is 5.32 Å². The lowest BCUT2D eigenvalue weighted by Crippen LogP contribution is -2.55. The Balaban J connectivity index is 1.89. The molecule has 0 spiro atoms. The minimum absolute atomic E-state index is 0.0547. The number of rotatable bonds is 5. The van der Waals surface area contributed by atoms with Crippen LogP contribution in [0.5, 0.6) is 0 Å². The van der Waals surface area contributed by atoms with E-state index in [1.165, 1.54) is 0 Å². The van der Waals surface area contributed by atoms with Crippen molar-refractivity contribution in [1.29, 1.82) is 0 Å². The number of carbonyl (C=O) groups is 1. The summed E-state index contributed by atoms with van der Waals surface area (Å²) in [7, 11) is 1.69. The summed E-state index contributed by atoms with van der Waals surface area (Å²) in [5.41, 5.74) is -0.502. The highest BCUT2D eigenvalue weighted by Crippen LogP contribution is 2.38. The molecule has 1 aliphatic heterocycles. The van der Waals surface area contributed by atoms with Gasteiger partial charge in [0.1, 0.15) is 0 Å². The van der Waals surface area contributed by atoms with Crippen molar-refractivity contribution in [2.45, 2.75) is 49.7 Å². The van der Waals surface area contributed by atoms with Gasteiger partial charge < -0.3 is 14.8 Å². The minimum Gasteiger partial charge on any atom is -0.381 e. The monoisotopic (exact) mass is 275 g/mol. The molecule has 5 heteroatoms. The number of halogens is 1. The van der Waals surface area contributed by atoms with E-state index >= 15 is 0 Å². The molecule has 0 atom stereocenters. The van der Waals surface area contributed by atoms with Gasteiger partial charge in [0.25, 0.3) is 0 Å². The molecule has 0 aromatic rings. The molecule has 1 saturated heterocycles. The molecule has 0 aromatic heterocycles. The number of hydrogen-bond acceptors (Lipinski definition) is 3. The smallest absolute Gasteiger partial charge is 0.223 e. The van der Waals surface area contributed by atoms with Gasteiger partial charge in [-0.2, -0.15) is 0 Å². The highest BCUT2D eigenvalue weighted by molar-refractivity contribution is 6.18. The number of carbonyl (C=O) groups excluding carboxylic acids is 1. The van der Waals surface area contributed by atoms with Gasteiger partial charge in [-0.05, 0) is 32.1 Å². The fraction of sp³-hybridized carbons (Fsp3) is 0.923. The molecule has 1 N–H and O–H groups in total. The highest BCUT2D eigenvalue weighted by atomic mass is 35.5. The maximum Gasteiger partial charge on any atom is 0.223 e. The summed E-state index contributed by atoms with van der Waals surface area (Å²) in [4.78, 5) is 12.2. The Morgan fingerprint density at radius 2 is 2.00 bits per heavy atom. The number of nitrogens with one attached hydrogen (secondary N) is 1. The van der Waals surface area contributed by atoms with Crippen molar-refractivity contribution in [3.63, 3.8) is 0 Å². The van der Waals surface area contributed by atoms with Crippen molar-refractivity contribution < 1.29 is 14.3 Å². The van der Waals surface area contributed by atoms with Gasteiger partial charge >= 0.3 is 0 Å². The van der Waals surface area contributed by atoms with Crippen molar-refractivity contribution in [2.75, 3.05) is 26.2 Å². The van der Waals surface area contributed by atoms with Crippen LogP contribution in [0.3, 0.4) is 0 Å². The topological polar surface area (TPSA) is 47.6 Å². The molecule has 0 radical (unpaired) electrons. The Morgan fingerprint density at radius 1 is 1.33 bits per heavy atom.